The predicted octanol–water partition coefficient (Wildman–Crippen LogP) is 7.39. The second-order valence-corrected chi connectivity index (χ2v) is 10.1. The van der Waals surface area contributed by atoms with Crippen molar-refractivity contribution in [2.24, 2.45) is 0 Å². The maximum Gasteiger partial charge on any atom is 0.415 e. The molecule has 1 heterocycles. The van der Waals surface area contributed by atoms with Crippen LogP contribution in [0.25, 0.3) is 11.1 Å². The van der Waals surface area contributed by atoms with Crippen LogP contribution in [0.5, 0.6) is 5.75 Å². The highest BCUT2D eigenvalue weighted by Gasteiger charge is 2.26. The highest BCUT2D eigenvalue weighted by molar-refractivity contribution is 9.10. The number of nitrogens with zero attached hydrogens (tertiary/aromatic N) is 2. The van der Waals surface area contributed by atoms with Crippen molar-refractivity contribution in [3.63, 3.8) is 0 Å². The van der Waals surface area contributed by atoms with Crippen molar-refractivity contribution < 1.29 is 14.3 Å². The number of carbonyl (C=O) groups is 1. The number of benzene rings is 2. The Labute approximate surface area is 204 Å². The van der Waals surface area contributed by atoms with E-state index in [1.807, 2.05) is 65.8 Å². The highest BCUT2D eigenvalue weighted by Crippen LogP contribution is 2.31. The number of anilines is 1. The van der Waals surface area contributed by atoms with Gasteiger partial charge in [-0.3, -0.25) is 9.88 Å². The van der Waals surface area contributed by atoms with Gasteiger partial charge in [0.1, 0.15) is 11.4 Å². The lowest BCUT2D eigenvalue weighted by Crippen LogP contribution is -2.37. The van der Waals surface area contributed by atoms with Gasteiger partial charge in [-0.15, -0.1) is 0 Å². The monoisotopic (exact) mass is 510 g/mol. The molecular formula is C27H31BrN2O3. The molecule has 0 aliphatic rings. The normalized spacial score (nSPS) is 11.3. The molecule has 0 bridgehead atoms. The van der Waals surface area contributed by atoms with Crippen molar-refractivity contribution in [3.8, 4) is 16.9 Å². The molecular weight excluding hydrogens is 480 g/mol. The van der Waals surface area contributed by atoms with Crippen LogP contribution in [0.2, 0.25) is 0 Å². The van der Waals surface area contributed by atoms with Gasteiger partial charge in [0.2, 0.25) is 0 Å². The lowest BCUT2D eigenvalue weighted by molar-refractivity contribution is 0.0577. The molecule has 0 aliphatic heterocycles. The third kappa shape index (κ3) is 6.14. The third-order valence-electron chi connectivity index (χ3n) is 5.22. The van der Waals surface area contributed by atoms with Gasteiger partial charge in [0.25, 0.3) is 0 Å². The molecule has 0 atom stereocenters. The van der Waals surface area contributed by atoms with E-state index in [1.165, 1.54) is 0 Å². The smallest absolute Gasteiger partial charge is 0.415 e. The minimum absolute atomic E-state index is 0.265. The van der Waals surface area contributed by atoms with Crippen LogP contribution in [0.4, 0.5) is 10.5 Å². The van der Waals surface area contributed by atoms with Gasteiger partial charge in [0, 0.05) is 27.5 Å². The Hall–Kier alpha value is -2.86. The minimum atomic E-state index is -0.624. The molecule has 6 heteroatoms. The van der Waals surface area contributed by atoms with Crippen molar-refractivity contribution in [1.29, 1.82) is 0 Å². The number of methoxy groups -OCH3 is 1. The summed E-state index contributed by atoms with van der Waals surface area (Å²) in [6.45, 7) is 11.8. The number of hydrogen-bond acceptors (Lipinski definition) is 4. The van der Waals surface area contributed by atoms with Gasteiger partial charge in [-0.1, -0.05) is 34.1 Å². The van der Waals surface area contributed by atoms with Crippen LogP contribution in [-0.4, -0.2) is 23.8 Å². The molecule has 5 nitrogen and oxygen atoms in total. The number of carbonyl (C=O) groups excluding carboxylic acids is 1. The first-order chi connectivity index (χ1) is 15.5. The van der Waals surface area contributed by atoms with Crippen molar-refractivity contribution in [2.75, 3.05) is 12.0 Å². The minimum Gasteiger partial charge on any atom is -0.496 e. The van der Waals surface area contributed by atoms with Crippen LogP contribution in [0.15, 0.2) is 53.1 Å². The standard InChI is InChI=1S/C27H31BrN2O3/c1-17-12-21(20-8-10-22(28)11-9-20)14-23(13-17)30(26(31)33-27(4,5)6)16-24-19(3)25(32-7)18(2)15-29-24/h8-15H,16H2,1-7H3. The predicted molar refractivity (Wildman–Crippen MR) is 137 cm³/mol. The molecule has 3 rings (SSSR count). The van der Waals surface area contributed by atoms with Gasteiger partial charge in [-0.05, 0) is 82.5 Å². The van der Waals surface area contributed by atoms with E-state index in [-0.39, 0.29) is 6.54 Å². The van der Waals surface area contributed by atoms with Crippen LogP contribution in [0.3, 0.4) is 0 Å². The van der Waals surface area contributed by atoms with Gasteiger partial charge < -0.3 is 9.47 Å². The molecule has 174 valence electrons. The zero-order chi connectivity index (χ0) is 24.3. The van der Waals surface area contributed by atoms with Crippen LogP contribution in [-0.2, 0) is 11.3 Å². The van der Waals surface area contributed by atoms with E-state index in [0.717, 1.165) is 49.4 Å². The zero-order valence-electron chi connectivity index (χ0n) is 20.3. The van der Waals surface area contributed by atoms with Gasteiger partial charge in [0.15, 0.2) is 0 Å². The lowest BCUT2D eigenvalue weighted by Gasteiger charge is -2.28. The first-order valence-corrected chi connectivity index (χ1v) is 11.6. The topological polar surface area (TPSA) is 51.7 Å². The number of aryl methyl sites for hydroxylation is 2. The van der Waals surface area contributed by atoms with E-state index < -0.39 is 11.7 Å². The SMILES string of the molecule is COc1c(C)cnc(CN(C(=O)OC(C)(C)C)c2cc(C)cc(-c3ccc(Br)cc3)c2)c1C. The summed E-state index contributed by atoms with van der Waals surface area (Å²) in [5.74, 6) is 0.781. The fourth-order valence-electron chi connectivity index (χ4n) is 3.69. The van der Waals surface area contributed by atoms with Crippen molar-refractivity contribution in [1.82, 2.24) is 4.98 Å². The maximum atomic E-state index is 13.3. The quantitative estimate of drug-likeness (QED) is 0.359. The van der Waals surface area contributed by atoms with Crippen LogP contribution >= 0.6 is 15.9 Å². The van der Waals surface area contributed by atoms with Crippen molar-refractivity contribution in [3.05, 3.63) is 75.5 Å². The number of aromatic nitrogens is 1. The number of ether oxygens (including phenoxy) is 2. The summed E-state index contributed by atoms with van der Waals surface area (Å²) in [7, 11) is 1.65. The van der Waals surface area contributed by atoms with E-state index in [1.54, 1.807) is 18.2 Å². The second-order valence-electron chi connectivity index (χ2n) is 9.18. The summed E-state index contributed by atoms with van der Waals surface area (Å²) in [6, 6.07) is 14.2. The Bertz CT molecular complexity index is 1150. The first-order valence-electron chi connectivity index (χ1n) is 10.9. The molecule has 2 aromatic carbocycles. The fourth-order valence-corrected chi connectivity index (χ4v) is 3.95. The van der Waals surface area contributed by atoms with Crippen molar-refractivity contribution in [2.45, 2.75) is 53.7 Å². The largest absolute Gasteiger partial charge is 0.496 e. The summed E-state index contributed by atoms with van der Waals surface area (Å²) in [4.78, 5) is 19.6. The average molecular weight is 511 g/mol. The molecule has 0 N–H and O–H groups in total. The summed E-state index contributed by atoms with van der Waals surface area (Å²) in [5.41, 5.74) is 5.89. The van der Waals surface area contributed by atoms with Crippen molar-refractivity contribution >= 4 is 27.7 Å². The van der Waals surface area contributed by atoms with Gasteiger partial charge in [-0.2, -0.15) is 0 Å². The van der Waals surface area contributed by atoms with Gasteiger partial charge >= 0.3 is 6.09 Å². The van der Waals surface area contributed by atoms with Crippen LogP contribution in [0, 0.1) is 20.8 Å². The summed E-state index contributed by atoms with van der Waals surface area (Å²) in [5, 5.41) is 0. The number of pyridine rings is 1. The molecule has 33 heavy (non-hydrogen) atoms. The summed E-state index contributed by atoms with van der Waals surface area (Å²) in [6.07, 6.45) is 1.35. The maximum absolute atomic E-state index is 13.3. The van der Waals surface area contributed by atoms with Gasteiger partial charge in [-0.25, -0.2) is 4.79 Å². The second kappa shape index (κ2) is 9.96. The van der Waals surface area contributed by atoms with E-state index in [0.29, 0.717) is 0 Å². The Morgan fingerprint density at radius 1 is 1.03 bits per heavy atom. The fraction of sp³-hybridized carbons (Fsp3) is 0.333. The highest BCUT2D eigenvalue weighted by atomic mass is 79.9. The van der Waals surface area contributed by atoms with Gasteiger partial charge in [0.05, 0.1) is 19.3 Å². The summed E-state index contributed by atoms with van der Waals surface area (Å²) >= 11 is 3.49. The Balaban J connectivity index is 2.09. The molecule has 0 spiro atoms. The number of rotatable bonds is 5. The Morgan fingerprint density at radius 2 is 1.70 bits per heavy atom. The lowest BCUT2D eigenvalue weighted by atomic mass is 10.0. The summed E-state index contributed by atoms with van der Waals surface area (Å²) < 4.78 is 12.4. The first kappa shape index (κ1) is 24.8. The Kier molecular flexibility index (Phi) is 7.48. The third-order valence-corrected chi connectivity index (χ3v) is 5.75. The zero-order valence-corrected chi connectivity index (χ0v) is 21.9. The molecule has 0 aliphatic carbocycles. The van der Waals surface area contributed by atoms with Crippen LogP contribution in [0.1, 0.15) is 43.2 Å². The number of amides is 1. The molecule has 0 fully saturated rings. The molecule has 0 unspecified atom stereocenters. The molecule has 0 saturated heterocycles. The molecule has 1 aromatic heterocycles. The molecule has 0 saturated carbocycles. The number of halogens is 1. The van der Waals surface area contributed by atoms with E-state index in [2.05, 4.69) is 39.1 Å². The molecule has 1 amide bonds. The van der Waals surface area contributed by atoms with E-state index >= 15 is 0 Å². The van der Waals surface area contributed by atoms with E-state index in [9.17, 15) is 4.79 Å². The molecule has 3 aromatic rings. The Morgan fingerprint density at radius 3 is 2.30 bits per heavy atom. The molecule has 0 radical (unpaired) electrons. The van der Waals surface area contributed by atoms with Crippen LogP contribution < -0.4 is 9.64 Å². The average Bonchev–Trinajstić information content (AvgIpc) is 2.72. The van der Waals surface area contributed by atoms with E-state index in [4.69, 9.17) is 9.47 Å². The number of hydrogen-bond donors (Lipinski definition) is 0.